The van der Waals surface area contributed by atoms with Crippen LogP contribution in [0.5, 0.6) is 0 Å². The van der Waals surface area contributed by atoms with E-state index in [1.54, 1.807) is 6.92 Å². The normalized spacial score (nSPS) is 16.3. The van der Waals surface area contributed by atoms with Crippen LogP contribution in [0.25, 0.3) is 6.08 Å². The summed E-state index contributed by atoms with van der Waals surface area (Å²) in [5, 5.41) is 3.01. The van der Waals surface area contributed by atoms with Crippen molar-refractivity contribution in [2.24, 2.45) is 0 Å². The number of carbonyl (C=O) groups is 2. The number of esters is 1. The third kappa shape index (κ3) is 2.74. The van der Waals surface area contributed by atoms with Crippen molar-refractivity contribution < 1.29 is 19.1 Å². The Morgan fingerprint density at radius 1 is 1.41 bits per heavy atom. The number of hydrogen-bond acceptors (Lipinski definition) is 5. The molecule has 0 aromatic heterocycles. The van der Waals surface area contributed by atoms with E-state index >= 15 is 0 Å². The summed E-state index contributed by atoms with van der Waals surface area (Å²) < 4.78 is 10.2. The summed E-state index contributed by atoms with van der Waals surface area (Å²) in [6.45, 7) is 1.77. The maximum atomic E-state index is 11.9. The topological polar surface area (TPSA) is 64.6 Å². The first-order chi connectivity index (χ1) is 10.7. The number of allylic oxidation sites excluding steroid dienone is 1. The number of ketones is 1. The summed E-state index contributed by atoms with van der Waals surface area (Å²) in [5.41, 5.74) is 3.15. The molecule has 0 spiro atoms. The summed E-state index contributed by atoms with van der Waals surface area (Å²) in [5.74, 6) is -0.840. The fraction of sp³-hybridized carbons (Fsp3) is 0.294. The van der Waals surface area contributed by atoms with E-state index < -0.39 is 5.97 Å². The van der Waals surface area contributed by atoms with Gasteiger partial charge in [0.25, 0.3) is 0 Å². The number of Topliss-reactive ketones (excluding diaryl/α,β-unsaturated/α-hetero) is 1. The zero-order valence-electron chi connectivity index (χ0n) is 12.3. The van der Waals surface area contributed by atoms with Crippen LogP contribution in [0.15, 0.2) is 35.7 Å². The van der Waals surface area contributed by atoms with Gasteiger partial charge >= 0.3 is 5.97 Å². The highest BCUT2D eigenvalue weighted by atomic mass is 16.5. The lowest BCUT2D eigenvalue weighted by Crippen LogP contribution is -2.16. The number of anilines is 1. The molecule has 2 aliphatic rings. The largest absolute Gasteiger partial charge is 0.470 e. The minimum Gasteiger partial charge on any atom is -0.470 e. The molecule has 0 unspecified atom stereocenters. The third-order valence-corrected chi connectivity index (χ3v) is 3.61. The molecule has 0 atom stereocenters. The minimum atomic E-state index is -0.648. The predicted molar refractivity (Wildman–Crippen MR) is 82.0 cm³/mol. The van der Waals surface area contributed by atoms with Gasteiger partial charge in [0.15, 0.2) is 12.2 Å². The van der Waals surface area contributed by atoms with E-state index in [4.69, 9.17) is 9.47 Å². The zero-order chi connectivity index (χ0) is 15.5. The molecular formula is C17H17NO4. The highest BCUT2D eigenvalue weighted by molar-refractivity contribution is 6.19. The average Bonchev–Trinajstić information content (AvgIpc) is 2.88. The number of aryl methyl sites for hydroxylation is 1. The van der Waals surface area contributed by atoms with Gasteiger partial charge in [-0.25, -0.2) is 4.79 Å². The van der Waals surface area contributed by atoms with Crippen LogP contribution < -0.4 is 5.32 Å². The molecule has 1 N–H and O–H groups in total. The van der Waals surface area contributed by atoms with Gasteiger partial charge in [-0.1, -0.05) is 18.2 Å². The van der Waals surface area contributed by atoms with Crippen molar-refractivity contribution >= 4 is 23.5 Å². The summed E-state index contributed by atoms with van der Waals surface area (Å²) in [6, 6.07) is 5.94. The first-order valence-corrected chi connectivity index (χ1v) is 7.33. The third-order valence-electron chi connectivity index (χ3n) is 3.61. The minimum absolute atomic E-state index is 0.0462. The van der Waals surface area contributed by atoms with Crippen molar-refractivity contribution in [1.82, 2.24) is 0 Å². The van der Waals surface area contributed by atoms with Gasteiger partial charge in [0.1, 0.15) is 0 Å². The summed E-state index contributed by atoms with van der Waals surface area (Å²) in [6.07, 6.45) is 6.28. The molecule has 22 heavy (non-hydrogen) atoms. The van der Waals surface area contributed by atoms with Gasteiger partial charge in [0.05, 0.1) is 6.61 Å². The van der Waals surface area contributed by atoms with Crippen LogP contribution >= 0.6 is 0 Å². The molecule has 0 fully saturated rings. The maximum Gasteiger partial charge on any atom is 0.347 e. The molecule has 1 aliphatic heterocycles. The summed E-state index contributed by atoms with van der Waals surface area (Å²) in [4.78, 5) is 23.6. The van der Waals surface area contributed by atoms with E-state index in [1.807, 2.05) is 18.2 Å². The molecular weight excluding hydrogens is 282 g/mol. The summed E-state index contributed by atoms with van der Waals surface area (Å²) >= 11 is 0. The number of fused-ring (bicyclic) bond motifs is 1. The van der Waals surface area contributed by atoms with Crippen molar-refractivity contribution in [3.63, 3.8) is 0 Å². The molecule has 114 valence electrons. The SMILES string of the molecule is CCOC(=O)C1=C(Nc2ccc3c(c2)C=CCC3)OCC1=O. The molecule has 1 aliphatic carbocycles. The van der Waals surface area contributed by atoms with Gasteiger partial charge in [0, 0.05) is 5.69 Å². The van der Waals surface area contributed by atoms with Crippen LogP contribution in [0.2, 0.25) is 0 Å². The number of ether oxygens (including phenoxy) is 2. The average molecular weight is 299 g/mol. The molecule has 0 radical (unpaired) electrons. The number of benzene rings is 1. The predicted octanol–water partition coefficient (Wildman–Crippen LogP) is 2.43. The number of carbonyl (C=O) groups excluding carboxylic acids is 2. The molecule has 0 saturated heterocycles. The number of rotatable bonds is 4. The van der Waals surface area contributed by atoms with Gasteiger partial charge in [-0.2, -0.15) is 0 Å². The molecule has 1 aromatic carbocycles. The zero-order valence-corrected chi connectivity index (χ0v) is 12.3. The molecule has 5 nitrogen and oxygen atoms in total. The first-order valence-electron chi connectivity index (χ1n) is 7.33. The second-order valence-electron chi connectivity index (χ2n) is 5.12. The van der Waals surface area contributed by atoms with E-state index in [-0.39, 0.29) is 30.5 Å². The van der Waals surface area contributed by atoms with Crippen LogP contribution in [0, 0.1) is 0 Å². The number of hydrogen-bond donors (Lipinski definition) is 1. The Kier molecular flexibility index (Phi) is 3.96. The van der Waals surface area contributed by atoms with Crippen molar-refractivity contribution in [2.75, 3.05) is 18.5 Å². The Morgan fingerprint density at radius 2 is 2.27 bits per heavy atom. The van der Waals surface area contributed by atoms with Crippen LogP contribution in [0.3, 0.4) is 0 Å². The standard InChI is InChI=1S/C17H17NO4/c1-2-21-17(20)15-14(19)10-22-16(15)18-13-8-7-11-5-3-4-6-12(11)9-13/h4,6-9,18H,2-3,5,10H2,1H3. The van der Waals surface area contributed by atoms with Crippen molar-refractivity contribution in [3.05, 3.63) is 46.9 Å². The Balaban J connectivity index is 1.86. The Labute approximate surface area is 128 Å². The lowest BCUT2D eigenvalue weighted by molar-refractivity contribution is -0.139. The Morgan fingerprint density at radius 3 is 3.09 bits per heavy atom. The van der Waals surface area contributed by atoms with Crippen molar-refractivity contribution in [3.8, 4) is 0 Å². The maximum absolute atomic E-state index is 11.9. The summed E-state index contributed by atoms with van der Waals surface area (Å²) in [7, 11) is 0. The Bertz CT molecular complexity index is 688. The van der Waals surface area contributed by atoms with Gasteiger partial charge < -0.3 is 14.8 Å². The molecule has 0 bridgehead atoms. The van der Waals surface area contributed by atoms with Crippen LogP contribution in [-0.2, 0) is 25.5 Å². The fourth-order valence-corrected chi connectivity index (χ4v) is 2.55. The second-order valence-corrected chi connectivity index (χ2v) is 5.12. The second kappa shape index (κ2) is 6.05. The monoisotopic (exact) mass is 299 g/mol. The van der Waals surface area contributed by atoms with Crippen molar-refractivity contribution in [2.45, 2.75) is 19.8 Å². The fourth-order valence-electron chi connectivity index (χ4n) is 2.55. The van der Waals surface area contributed by atoms with E-state index in [2.05, 4.69) is 17.5 Å². The van der Waals surface area contributed by atoms with E-state index in [0.29, 0.717) is 0 Å². The smallest absolute Gasteiger partial charge is 0.347 e. The van der Waals surface area contributed by atoms with Gasteiger partial charge in [0.2, 0.25) is 11.7 Å². The lowest BCUT2D eigenvalue weighted by Gasteiger charge is -2.14. The van der Waals surface area contributed by atoms with Crippen molar-refractivity contribution in [1.29, 1.82) is 0 Å². The molecule has 1 heterocycles. The van der Waals surface area contributed by atoms with Crippen LogP contribution in [-0.4, -0.2) is 25.0 Å². The van der Waals surface area contributed by atoms with E-state index in [1.165, 1.54) is 5.56 Å². The first kappa shape index (κ1) is 14.4. The van der Waals surface area contributed by atoms with Crippen LogP contribution in [0.4, 0.5) is 5.69 Å². The van der Waals surface area contributed by atoms with E-state index in [9.17, 15) is 9.59 Å². The molecule has 0 amide bonds. The Hall–Kier alpha value is -2.56. The van der Waals surface area contributed by atoms with E-state index in [0.717, 1.165) is 24.1 Å². The molecule has 1 aromatic rings. The van der Waals surface area contributed by atoms with Crippen LogP contribution in [0.1, 0.15) is 24.5 Å². The highest BCUT2D eigenvalue weighted by Crippen LogP contribution is 2.25. The van der Waals surface area contributed by atoms with Gasteiger partial charge in [-0.15, -0.1) is 0 Å². The number of nitrogens with one attached hydrogen (secondary N) is 1. The van der Waals surface area contributed by atoms with Gasteiger partial charge in [-0.05, 0) is 43.0 Å². The molecule has 0 saturated carbocycles. The molecule has 3 rings (SSSR count). The molecule has 5 heteroatoms. The van der Waals surface area contributed by atoms with Gasteiger partial charge in [-0.3, -0.25) is 4.79 Å². The highest BCUT2D eigenvalue weighted by Gasteiger charge is 2.32. The quantitative estimate of drug-likeness (QED) is 0.683. The lowest BCUT2D eigenvalue weighted by atomic mass is 9.97.